The Morgan fingerprint density at radius 3 is 2.63 bits per heavy atom. The number of carbonyl (C=O) groups is 1. The minimum absolute atomic E-state index is 0.101. The van der Waals surface area contributed by atoms with Crippen molar-refractivity contribution in [1.29, 1.82) is 0 Å². The van der Waals surface area contributed by atoms with Crippen molar-refractivity contribution in [2.24, 2.45) is 0 Å². The fourth-order valence-corrected chi connectivity index (χ4v) is 3.39. The molecule has 8 heteroatoms. The van der Waals surface area contributed by atoms with E-state index < -0.39 is 12.5 Å². The van der Waals surface area contributed by atoms with Gasteiger partial charge in [0, 0.05) is 19.0 Å². The summed E-state index contributed by atoms with van der Waals surface area (Å²) in [5, 5.41) is 6.28. The third-order valence-electron chi connectivity index (χ3n) is 5.05. The molecule has 0 saturated carbocycles. The summed E-state index contributed by atoms with van der Waals surface area (Å²) in [5.74, 6) is 0.283. The van der Waals surface area contributed by atoms with Crippen molar-refractivity contribution in [3.8, 4) is 5.75 Å². The van der Waals surface area contributed by atoms with Gasteiger partial charge in [-0.15, -0.1) is 0 Å². The maximum Gasteiger partial charge on any atom is 0.318 e. The first kappa shape index (κ1) is 22.0. The van der Waals surface area contributed by atoms with Crippen LogP contribution in [0, 0.1) is 5.82 Å². The van der Waals surface area contributed by atoms with E-state index in [1.807, 2.05) is 24.3 Å². The highest BCUT2D eigenvalue weighted by molar-refractivity contribution is 5.74. The monoisotopic (exact) mass is 418 g/mol. The largest absolute Gasteiger partial charge is 0.494 e. The third kappa shape index (κ3) is 6.66. The van der Waals surface area contributed by atoms with Gasteiger partial charge in [-0.05, 0) is 55.8 Å². The molecule has 6 nitrogen and oxygen atoms in total. The lowest BCUT2D eigenvalue weighted by Crippen LogP contribution is -2.49. The summed E-state index contributed by atoms with van der Waals surface area (Å²) in [4.78, 5) is 18.9. The second kappa shape index (κ2) is 11.4. The zero-order valence-electron chi connectivity index (χ0n) is 16.9. The zero-order chi connectivity index (χ0) is 21.2. The molecule has 0 atom stereocenters. The second-order valence-corrected chi connectivity index (χ2v) is 7.27. The molecule has 1 aromatic carbocycles. The molecule has 2 aromatic rings. The number of ether oxygens (including phenoxy) is 1. The van der Waals surface area contributed by atoms with E-state index in [4.69, 9.17) is 4.74 Å². The zero-order valence-corrected chi connectivity index (χ0v) is 16.9. The standard InChI is InChI=1S/C22H28F2N4O2/c23-10-1-13-30-21-6-2-17(3-7-21)14-27-22(29)28(20-8-11-25-12-9-20)16-19-5-4-18(24)15-26-19/h2-7,15,20,25H,1,8-14,16H2,(H,27,29). The molecule has 0 bridgehead atoms. The molecule has 3 rings (SSSR count). The molecule has 2 amide bonds. The normalized spacial score (nSPS) is 14.3. The van der Waals surface area contributed by atoms with Gasteiger partial charge in [-0.25, -0.2) is 9.18 Å². The molecule has 0 spiro atoms. The lowest BCUT2D eigenvalue weighted by molar-refractivity contribution is 0.153. The van der Waals surface area contributed by atoms with Crippen LogP contribution in [0.25, 0.3) is 0 Å². The molecule has 2 N–H and O–H groups in total. The Bertz CT molecular complexity index is 781. The molecule has 0 radical (unpaired) electrons. The van der Waals surface area contributed by atoms with Crippen LogP contribution in [0.4, 0.5) is 13.6 Å². The SMILES string of the molecule is O=C(NCc1ccc(OCCCF)cc1)N(Cc1ccc(F)cn1)C1CCNCC1. The number of hydrogen-bond donors (Lipinski definition) is 2. The van der Waals surface area contributed by atoms with Gasteiger partial charge in [-0.2, -0.15) is 0 Å². The fourth-order valence-electron chi connectivity index (χ4n) is 3.39. The molecule has 1 aromatic heterocycles. The second-order valence-electron chi connectivity index (χ2n) is 7.27. The first-order valence-corrected chi connectivity index (χ1v) is 10.3. The van der Waals surface area contributed by atoms with Crippen molar-refractivity contribution >= 4 is 6.03 Å². The minimum Gasteiger partial charge on any atom is -0.494 e. The molecule has 0 aliphatic carbocycles. The third-order valence-corrected chi connectivity index (χ3v) is 5.05. The summed E-state index contributed by atoms with van der Waals surface area (Å²) in [5.41, 5.74) is 1.59. The number of pyridine rings is 1. The average Bonchev–Trinajstić information content (AvgIpc) is 2.79. The highest BCUT2D eigenvalue weighted by Crippen LogP contribution is 2.16. The smallest absolute Gasteiger partial charge is 0.318 e. The van der Waals surface area contributed by atoms with Crippen molar-refractivity contribution in [3.05, 3.63) is 59.7 Å². The number of alkyl halides is 1. The predicted molar refractivity (Wildman–Crippen MR) is 110 cm³/mol. The van der Waals surface area contributed by atoms with E-state index in [-0.39, 0.29) is 12.1 Å². The molecule has 2 heterocycles. The van der Waals surface area contributed by atoms with Crippen LogP contribution in [-0.2, 0) is 13.1 Å². The van der Waals surface area contributed by atoms with Crippen LogP contribution >= 0.6 is 0 Å². The molecule has 1 fully saturated rings. The number of nitrogens with one attached hydrogen (secondary N) is 2. The molecule has 1 saturated heterocycles. The number of piperidine rings is 1. The van der Waals surface area contributed by atoms with E-state index in [0.717, 1.165) is 31.5 Å². The van der Waals surface area contributed by atoms with E-state index in [9.17, 15) is 13.6 Å². The van der Waals surface area contributed by atoms with Gasteiger partial charge in [0.2, 0.25) is 0 Å². The number of benzene rings is 1. The van der Waals surface area contributed by atoms with Gasteiger partial charge in [-0.1, -0.05) is 12.1 Å². The number of carbonyl (C=O) groups excluding carboxylic acids is 1. The Morgan fingerprint density at radius 2 is 1.97 bits per heavy atom. The van der Waals surface area contributed by atoms with Crippen LogP contribution < -0.4 is 15.4 Å². The Balaban J connectivity index is 1.59. The van der Waals surface area contributed by atoms with E-state index >= 15 is 0 Å². The van der Waals surface area contributed by atoms with Crippen molar-refractivity contribution in [1.82, 2.24) is 20.5 Å². The Hall–Kier alpha value is -2.74. The molecule has 1 aliphatic rings. The highest BCUT2D eigenvalue weighted by Gasteiger charge is 2.25. The maximum absolute atomic E-state index is 13.2. The molecule has 30 heavy (non-hydrogen) atoms. The molecular weight excluding hydrogens is 390 g/mol. The van der Waals surface area contributed by atoms with Gasteiger partial charge in [-0.3, -0.25) is 9.37 Å². The Kier molecular flexibility index (Phi) is 8.38. The van der Waals surface area contributed by atoms with Gasteiger partial charge in [0.15, 0.2) is 0 Å². The van der Waals surface area contributed by atoms with Gasteiger partial charge in [0.25, 0.3) is 0 Å². The highest BCUT2D eigenvalue weighted by atomic mass is 19.1. The number of amides is 2. The van der Waals surface area contributed by atoms with E-state index in [2.05, 4.69) is 15.6 Å². The van der Waals surface area contributed by atoms with Crippen LogP contribution in [0.15, 0.2) is 42.6 Å². The number of rotatable bonds is 9. The summed E-state index contributed by atoms with van der Waals surface area (Å²) >= 11 is 0. The fraction of sp³-hybridized carbons (Fsp3) is 0.455. The molecule has 0 unspecified atom stereocenters. The average molecular weight is 418 g/mol. The predicted octanol–water partition coefficient (Wildman–Crippen LogP) is 3.42. The minimum atomic E-state index is -0.398. The maximum atomic E-state index is 13.2. The lowest BCUT2D eigenvalue weighted by atomic mass is 10.0. The topological polar surface area (TPSA) is 66.5 Å². The number of halogens is 2. The first-order chi connectivity index (χ1) is 14.7. The van der Waals surface area contributed by atoms with Gasteiger partial charge in [0.05, 0.1) is 31.7 Å². The van der Waals surface area contributed by atoms with Gasteiger partial charge in [0.1, 0.15) is 11.6 Å². The first-order valence-electron chi connectivity index (χ1n) is 10.3. The van der Waals surface area contributed by atoms with Crippen molar-refractivity contribution in [2.75, 3.05) is 26.4 Å². The van der Waals surface area contributed by atoms with Crippen LogP contribution in [0.2, 0.25) is 0 Å². The summed E-state index contributed by atoms with van der Waals surface area (Å²) in [6.45, 7) is 2.37. The Labute approximate surface area is 175 Å². The summed E-state index contributed by atoms with van der Waals surface area (Å²) < 4.78 is 30.8. The quantitative estimate of drug-likeness (QED) is 0.613. The number of aromatic nitrogens is 1. The van der Waals surface area contributed by atoms with Gasteiger partial charge >= 0.3 is 6.03 Å². The van der Waals surface area contributed by atoms with E-state index in [1.165, 1.54) is 12.3 Å². The summed E-state index contributed by atoms with van der Waals surface area (Å²) in [6.07, 6.45) is 3.26. The molecule has 162 valence electrons. The summed E-state index contributed by atoms with van der Waals surface area (Å²) in [6, 6.07) is 10.3. The number of nitrogens with zero attached hydrogens (tertiary/aromatic N) is 2. The van der Waals surface area contributed by atoms with Crippen LogP contribution in [0.5, 0.6) is 5.75 Å². The number of hydrogen-bond acceptors (Lipinski definition) is 4. The van der Waals surface area contributed by atoms with Crippen LogP contribution in [0.1, 0.15) is 30.5 Å². The van der Waals surface area contributed by atoms with E-state index in [1.54, 1.807) is 11.0 Å². The van der Waals surface area contributed by atoms with Crippen molar-refractivity contribution < 1.29 is 18.3 Å². The summed E-state index contributed by atoms with van der Waals surface area (Å²) in [7, 11) is 0. The number of urea groups is 1. The van der Waals surface area contributed by atoms with E-state index in [0.29, 0.717) is 37.6 Å². The molecular formula is C22H28F2N4O2. The lowest BCUT2D eigenvalue weighted by Gasteiger charge is -2.34. The van der Waals surface area contributed by atoms with Crippen molar-refractivity contribution in [3.63, 3.8) is 0 Å². The van der Waals surface area contributed by atoms with Gasteiger partial charge < -0.3 is 20.3 Å². The van der Waals surface area contributed by atoms with Crippen molar-refractivity contribution in [2.45, 2.75) is 38.4 Å². The Morgan fingerprint density at radius 1 is 1.20 bits per heavy atom. The molecule has 1 aliphatic heterocycles. The van der Waals surface area contributed by atoms with Crippen LogP contribution in [0.3, 0.4) is 0 Å². The van der Waals surface area contributed by atoms with Crippen LogP contribution in [-0.4, -0.2) is 48.3 Å².